The summed E-state index contributed by atoms with van der Waals surface area (Å²) in [6, 6.07) is 0.444. The topological polar surface area (TPSA) is 53.1 Å². The SMILES string of the molecule is CCOC(=O)N1CCN(C2CCCN(C(=O)C3(C)CC3)C2)CC1. The molecule has 2 saturated heterocycles. The summed E-state index contributed by atoms with van der Waals surface area (Å²) in [6.07, 6.45) is 4.13. The average Bonchev–Trinajstić information content (AvgIpc) is 3.33. The number of ether oxygens (including phenoxy) is 1. The van der Waals surface area contributed by atoms with Gasteiger partial charge in [0.2, 0.25) is 5.91 Å². The van der Waals surface area contributed by atoms with Crippen LogP contribution in [0, 0.1) is 5.41 Å². The summed E-state index contributed by atoms with van der Waals surface area (Å²) in [5.41, 5.74) is -0.0650. The van der Waals surface area contributed by atoms with Gasteiger partial charge in [-0.25, -0.2) is 4.79 Å². The summed E-state index contributed by atoms with van der Waals surface area (Å²) in [4.78, 5) is 30.7. The fourth-order valence-electron chi connectivity index (χ4n) is 3.70. The lowest BCUT2D eigenvalue weighted by Crippen LogP contribution is -2.57. The van der Waals surface area contributed by atoms with Crippen molar-refractivity contribution in [1.82, 2.24) is 14.7 Å². The quantitative estimate of drug-likeness (QED) is 0.791. The zero-order valence-electron chi connectivity index (χ0n) is 14.4. The summed E-state index contributed by atoms with van der Waals surface area (Å²) in [6.45, 7) is 9.33. The normalized spacial score (nSPS) is 27.7. The van der Waals surface area contributed by atoms with Gasteiger partial charge in [0.05, 0.1) is 6.61 Å². The highest BCUT2D eigenvalue weighted by Gasteiger charge is 2.48. The van der Waals surface area contributed by atoms with E-state index >= 15 is 0 Å². The first-order valence-electron chi connectivity index (χ1n) is 8.98. The number of rotatable bonds is 3. The van der Waals surface area contributed by atoms with Crippen molar-refractivity contribution >= 4 is 12.0 Å². The van der Waals surface area contributed by atoms with Crippen LogP contribution in [0.15, 0.2) is 0 Å². The first-order valence-corrected chi connectivity index (χ1v) is 8.98. The molecule has 0 aromatic heterocycles. The molecule has 1 saturated carbocycles. The van der Waals surface area contributed by atoms with Gasteiger partial charge in [-0.1, -0.05) is 6.92 Å². The molecule has 1 atom stereocenters. The number of likely N-dealkylation sites (tertiary alicyclic amines) is 1. The Hall–Kier alpha value is -1.30. The molecule has 130 valence electrons. The molecule has 6 heteroatoms. The van der Waals surface area contributed by atoms with Crippen LogP contribution in [-0.2, 0) is 9.53 Å². The smallest absolute Gasteiger partial charge is 0.409 e. The molecule has 6 nitrogen and oxygen atoms in total. The molecule has 23 heavy (non-hydrogen) atoms. The zero-order chi connectivity index (χ0) is 16.4. The minimum absolute atomic E-state index is 0.0650. The Morgan fingerprint density at radius 1 is 1.09 bits per heavy atom. The van der Waals surface area contributed by atoms with Gasteiger partial charge in [-0.2, -0.15) is 0 Å². The van der Waals surface area contributed by atoms with Crippen LogP contribution in [0.1, 0.15) is 39.5 Å². The number of hydrogen-bond donors (Lipinski definition) is 0. The van der Waals surface area contributed by atoms with Gasteiger partial charge in [0.25, 0.3) is 0 Å². The lowest BCUT2D eigenvalue weighted by Gasteiger charge is -2.43. The summed E-state index contributed by atoms with van der Waals surface area (Å²) in [5, 5.41) is 0. The second-order valence-corrected chi connectivity index (χ2v) is 7.33. The molecule has 3 rings (SSSR count). The van der Waals surface area contributed by atoms with Crippen LogP contribution in [0.4, 0.5) is 4.79 Å². The predicted octanol–water partition coefficient (Wildman–Crippen LogP) is 1.55. The number of piperazine rings is 1. The molecule has 3 aliphatic rings. The van der Waals surface area contributed by atoms with Crippen molar-refractivity contribution in [1.29, 1.82) is 0 Å². The Bertz CT molecular complexity index is 456. The van der Waals surface area contributed by atoms with Crippen LogP contribution in [0.25, 0.3) is 0 Å². The molecule has 3 fully saturated rings. The fraction of sp³-hybridized carbons (Fsp3) is 0.882. The Balaban J connectivity index is 1.50. The van der Waals surface area contributed by atoms with E-state index in [9.17, 15) is 9.59 Å². The van der Waals surface area contributed by atoms with E-state index in [1.54, 1.807) is 4.90 Å². The number of nitrogens with zero attached hydrogens (tertiary/aromatic N) is 3. The third-order valence-electron chi connectivity index (χ3n) is 5.56. The molecule has 0 bridgehead atoms. The van der Waals surface area contributed by atoms with Crippen molar-refractivity contribution in [3.05, 3.63) is 0 Å². The number of amides is 2. The van der Waals surface area contributed by atoms with Gasteiger partial charge in [-0.15, -0.1) is 0 Å². The maximum Gasteiger partial charge on any atom is 0.409 e. The highest BCUT2D eigenvalue weighted by atomic mass is 16.6. The van der Waals surface area contributed by atoms with Crippen LogP contribution in [-0.4, -0.2) is 78.6 Å². The van der Waals surface area contributed by atoms with E-state index in [-0.39, 0.29) is 11.5 Å². The summed E-state index contributed by atoms with van der Waals surface area (Å²) in [5.74, 6) is 0.354. The monoisotopic (exact) mass is 323 g/mol. The van der Waals surface area contributed by atoms with Crippen LogP contribution in [0.2, 0.25) is 0 Å². The summed E-state index contributed by atoms with van der Waals surface area (Å²) >= 11 is 0. The highest BCUT2D eigenvalue weighted by molar-refractivity contribution is 5.85. The van der Waals surface area contributed by atoms with Crippen LogP contribution in [0.3, 0.4) is 0 Å². The lowest BCUT2D eigenvalue weighted by atomic mass is 10.00. The number of hydrogen-bond acceptors (Lipinski definition) is 4. The molecule has 2 aliphatic heterocycles. The van der Waals surface area contributed by atoms with E-state index in [0.717, 1.165) is 65.0 Å². The van der Waals surface area contributed by atoms with Crippen molar-refractivity contribution in [2.45, 2.75) is 45.6 Å². The molecule has 0 aromatic carbocycles. The van der Waals surface area contributed by atoms with Gasteiger partial charge in [0.1, 0.15) is 0 Å². The number of carbonyl (C=O) groups is 2. The zero-order valence-corrected chi connectivity index (χ0v) is 14.4. The molecule has 0 N–H and O–H groups in total. The third-order valence-corrected chi connectivity index (χ3v) is 5.56. The largest absolute Gasteiger partial charge is 0.450 e. The third kappa shape index (κ3) is 3.62. The molecule has 2 amide bonds. The van der Waals surface area contributed by atoms with Gasteiger partial charge in [0.15, 0.2) is 0 Å². The van der Waals surface area contributed by atoms with Crippen molar-refractivity contribution in [2.24, 2.45) is 5.41 Å². The first-order chi connectivity index (χ1) is 11.0. The second kappa shape index (κ2) is 6.67. The first kappa shape index (κ1) is 16.6. The molecule has 1 unspecified atom stereocenters. The van der Waals surface area contributed by atoms with Crippen molar-refractivity contribution < 1.29 is 14.3 Å². The Morgan fingerprint density at radius 3 is 2.39 bits per heavy atom. The van der Waals surface area contributed by atoms with E-state index in [2.05, 4.69) is 16.7 Å². The van der Waals surface area contributed by atoms with E-state index in [4.69, 9.17) is 4.74 Å². The van der Waals surface area contributed by atoms with Gasteiger partial charge in [-0.3, -0.25) is 9.69 Å². The van der Waals surface area contributed by atoms with Gasteiger partial charge < -0.3 is 14.5 Å². The van der Waals surface area contributed by atoms with Crippen molar-refractivity contribution in [3.8, 4) is 0 Å². The lowest BCUT2D eigenvalue weighted by molar-refractivity contribution is -0.138. The summed E-state index contributed by atoms with van der Waals surface area (Å²) in [7, 11) is 0. The van der Waals surface area contributed by atoms with E-state index in [1.165, 1.54) is 0 Å². The van der Waals surface area contributed by atoms with Crippen molar-refractivity contribution in [3.63, 3.8) is 0 Å². The Kier molecular flexibility index (Phi) is 4.80. The fourth-order valence-corrected chi connectivity index (χ4v) is 3.70. The molecular weight excluding hydrogens is 294 g/mol. The predicted molar refractivity (Wildman–Crippen MR) is 87.1 cm³/mol. The second-order valence-electron chi connectivity index (χ2n) is 7.33. The Labute approximate surface area is 138 Å². The van der Waals surface area contributed by atoms with Gasteiger partial charge in [-0.05, 0) is 32.6 Å². The molecular formula is C17H29N3O3. The Morgan fingerprint density at radius 2 is 1.78 bits per heavy atom. The maximum absolute atomic E-state index is 12.6. The standard InChI is InChI=1S/C17H29N3O3/c1-3-23-16(22)19-11-9-18(10-12-19)14-5-4-8-20(13-14)15(21)17(2)6-7-17/h14H,3-13H2,1-2H3. The van der Waals surface area contributed by atoms with Gasteiger partial charge in [0, 0.05) is 50.7 Å². The number of piperidine rings is 1. The van der Waals surface area contributed by atoms with Crippen molar-refractivity contribution in [2.75, 3.05) is 45.9 Å². The van der Waals surface area contributed by atoms with Crippen LogP contribution in [0.5, 0.6) is 0 Å². The minimum Gasteiger partial charge on any atom is -0.450 e. The molecule has 0 spiro atoms. The maximum atomic E-state index is 12.6. The average molecular weight is 323 g/mol. The molecule has 1 aliphatic carbocycles. The minimum atomic E-state index is -0.200. The molecule has 0 radical (unpaired) electrons. The number of carbonyl (C=O) groups excluding carboxylic acids is 2. The molecule has 2 heterocycles. The van der Waals surface area contributed by atoms with E-state index < -0.39 is 0 Å². The highest BCUT2D eigenvalue weighted by Crippen LogP contribution is 2.46. The van der Waals surface area contributed by atoms with Crippen LogP contribution < -0.4 is 0 Å². The van der Waals surface area contributed by atoms with Gasteiger partial charge >= 0.3 is 6.09 Å². The summed E-state index contributed by atoms with van der Waals surface area (Å²) < 4.78 is 5.07. The molecule has 0 aromatic rings. The van der Waals surface area contributed by atoms with E-state index in [1.807, 2.05) is 6.92 Å². The van der Waals surface area contributed by atoms with E-state index in [0.29, 0.717) is 18.6 Å². The van der Waals surface area contributed by atoms with Crippen LogP contribution >= 0.6 is 0 Å².